The number of hydrogen-bond donors (Lipinski definition) is 2. The first-order valence-electron chi connectivity index (χ1n) is 10.8. The zero-order valence-electron chi connectivity index (χ0n) is 18.8. The fourth-order valence-electron chi connectivity index (χ4n) is 3.86. The van der Waals surface area contributed by atoms with Crippen molar-refractivity contribution in [2.24, 2.45) is 4.99 Å². The molecule has 9 nitrogen and oxygen atoms in total. The van der Waals surface area contributed by atoms with Gasteiger partial charge in [0, 0.05) is 31.3 Å². The molecular weight excluding hydrogens is 469 g/mol. The molecule has 2 N–H and O–H groups in total. The molecule has 0 atom stereocenters. The quantitative estimate of drug-likeness (QED) is 0.550. The van der Waals surface area contributed by atoms with E-state index >= 15 is 0 Å². The number of amides is 2. The predicted molar refractivity (Wildman–Crippen MR) is 119 cm³/mol. The third-order valence-electron chi connectivity index (χ3n) is 5.55. The van der Waals surface area contributed by atoms with Gasteiger partial charge in [-0.15, -0.1) is 0 Å². The Morgan fingerprint density at radius 1 is 1.29 bits per heavy atom. The molecule has 35 heavy (non-hydrogen) atoms. The van der Waals surface area contributed by atoms with Gasteiger partial charge in [-0.2, -0.15) is 18.2 Å². The molecule has 0 bridgehead atoms. The molecule has 1 aliphatic rings. The van der Waals surface area contributed by atoms with E-state index < -0.39 is 17.6 Å². The number of benzene rings is 2. The average Bonchev–Trinajstić information content (AvgIpc) is 3.17. The third-order valence-corrected chi connectivity index (χ3v) is 5.55. The van der Waals surface area contributed by atoms with Gasteiger partial charge in [0.2, 0.25) is 5.62 Å². The van der Waals surface area contributed by atoms with E-state index in [0.717, 1.165) is 18.2 Å². The SMILES string of the molecule is COc1cc2c(cc1N1CCOCC1=O)[nH]/c(=N\C(=O)c1cccc(C(F)(F)F)c1)n2CCCO. The van der Waals surface area contributed by atoms with E-state index in [1.807, 2.05) is 0 Å². The molecule has 2 aromatic carbocycles. The van der Waals surface area contributed by atoms with E-state index in [1.165, 1.54) is 18.1 Å². The van der Waals surface area contributed by atoms with Crippen molar-refractivity contribution in [3.05, 3.63) is 53.1 Å². The maximum absolute atomic E-state index is 13.1. The first-order chi connectivity index (χ1) is 16.7. The fraction of sp³-hybridized carbons (Fsp3) is 0.348. The zero-order valence-corrected chi connectivity index (χ0v) is 18.8. The van der Waals surface area contributed by atoms with Crippen LogP contribution in [0.25, 0.3) is 11.0 Å². The maximum atomic E-state index is 13.1. The third kappa shape index (κ3) is 5.08. The van der Waals surface area contributed by atoms with Gasteiger partial charge in [-0.25, -0.2) is 0 Å². The number of hydrogen-bond acceptors (Lipinski definition) is 5. The zero-order chi connectivity index (χ0) is 25.2. The second-order valence-corrected chi connectivity index (χ2v) is 7.81. The number of aromatic nitrogens is 2. The number of imidazole rings is 1. The van der Waals surface area contributed by atoms with E-state index in [2.05, 4.69) is 9.98 Å². The number of methoxy groups -OCH3 is 1. The molecule has 186 valence electrons. The summed E-state index contributed by atoms with van der Waals surface area (Å²) in [5.41, 5.74) is 0.518. The maximum Gasteiger partial charge on any atom is 0.416 e. The van der Waals surface area contributed by atoms with Crippen LogP contribution in [-0.4, -0.2) is 59.9 Å². The molecule has 1 aromatic heterocycles. The van der Waals surface area contributed by atoms with Crippen LogP contribution in [0, 0.1) is 0 Å². The monoisotopic (exact) mass is 492 g/mol. The number of aromatic amines is 1. The number of aliphatic hydroxyl groups excluding tert-OH is 1. The molecule has 12 heteroatoms. The molecule has 1 saturated heterocycles. The lowest BCUT2D eigenvalue weighted by atomic mass is 10.1. The standard InChI is InChI=1S/C23H23F3N4O5/c1-34-19-12-17-16(11-18(19)29-7-9-35-13-20(29)32)27-22(30(17)6-3-8-31)28-21(33)14-4-2-5-15(10-14)23(24,25)26/h2,4-5,10-12,31H,3,6-9,13H2,1H3,(H,27,28,33). The summed E-state index contributed by atoms with van der Waals surface area (Å²) in [4.78, 5) is 33.7. The lowest BCUT2D eigenvalue weighted by molar-refractivity contribution is -0.137. The van der Waals surface area contributed by atoms with Crippen LogP contribution in [0.3, 0.4) is 0 Å². The highest BCUT2D eigenvalue weighted by molar-refractivity contribution is 5.99. The highest BCUT2D eigenvalue weighted by Gasteiger charge is 2.31. The molecule has 0 aliphatic carbocycles. The summed E-state index contributed by atoms with van der Waals surface area (Å²) in [6, 6.07) is 7.38. The van der Waals surface area contributed by atoms with Gasteiger partial charge >= 0.3 is 6.18 Å². The molecule has 3 aromatic rings. The number of anilines is 1. The van der Waals surface area contributed by atoms with Crippen molar-refractivity contribution in [1.82, 2.24) is 9.55 Å². The van der Waals surface area contributed by atoms with Crippen LogP contribution in [0.4, 0.5) is 18.9 Å². The Bertz CT molecular complexity index is 1330. The molecule has 1 fully saturated rings. The van der Waals surface area contributed by atoms with Gasteiger partial charge < -0.3 is 29.0 Å². The number of aryl methyl sites for hydroxylation is 1. The van der Waals surface area contributed by atoms with Crippen LogP contribution >= 0.6 is 0 Å². The normalized spacial score (nSPS) is 15.2. The second-order valence-electron chi connectivity index (χ2n) is 7.81. The van der Waals surface area contributed by atoms with Crippen molar-refractivity contribution in [2.45, 2.75) is 19.1 Å². The number of ether oxygens (including phenoxy) is 2. The van der Waals surface area contributed by atoms with Crippen LogP contribution in [0.5, 0.6) is 5.75 Å². The summed E-state index contributed by atoms with van der Waals surface area (Å²) in [6.45, 7) is 0.772. The topological polar surface area (TPSA) is 109 Å². The van der Waals surface area contributed by atoms with Crippen LogP contribution in [-0.2, 0) is 22.3 Å². The van der Waals surface area contributed by atoms with Gasteiger partial charge in [0.1, 0.15) is 12.4 Å². The Hall–Kier alpha value is -3.64. The number of nitrogens with zero attached hydrogens (tertiary/aromatic N) is 3. The molecule has 4 rings (SSSR count). The number of morpholine rings is 1. The summed E-state index contributed by atoms with van der Waals surface area (Å²) < 4.78 is 51.5. The fourth-order valence-corrected chi connectivity index (χ4v) is 3.86. The van der Waals surface area contributed by atoms with Crippen molar-refractivity contribution in [3.8, 4) is 5.75 Å². The van der Waals surface area contributed by atoms with Crippen molar-refractivity contribution >= 4 is 28.5 Å². The van der Waals surface area contributed by atoms with Gasteiger partial charge in [-0.1, -0.05) is 6.07 Å². The van der Waals surface area contributed by atoms with Gasteiger partial charge in [0.25, 0.3) is 11.8 Å². The Balaban J connectivity index is 1.83. The van der Waals surface area contributed by atoms with Crippen LogP contribution in [0.2, 0.25) is 0 Å². The summed E-state index contributed by atoms with van der Waals surface area (Å²) in [5.74, 6) is -0.700. The molecule has 2 amide bonds. The minimum Gasteiger partial charge on any atom is -0.494 e. The Labute approximate surface area is 197 Å². The number of halogens is 3. The molecular formula is C23H23F3N4O5. The second kappa shape index (κ2) is 9.92. The first kappa shape index (κ1) is 24.5. The molecule has 2 heterocycles. The minimum atomic E-state index is -4.59. The number of fused-ring (bicyclic) bond motifs is 1. The lowest BCUT2D eigenvalue weighted by Crippen LogP contribution is -2.41. The summed E-state index contributed by atoms with van der Waals surface area (Å²) in [5, 5.41) is 9.33. The van der Waals surface area contributed by atoms with Crippen molar-refractivity contribution < 1.29 is 37.3 Å². The van der Waals surface area contributed by atoms with Gasteiger partial charge in [0.05, 0.1) is 36.0 Å². The Morgan fingerprint density at radius 3 is 2.77 bits per heavy atom. The van der Waals surface area contributed by atoms with Crippen molar-refractivity contribution in [2.75, 3.05) is 38.4 Å². The summed E-state index contributed by atoms with van der Waals surface area (Å²) in [7, 11) is 1.46. The highest BCUT2D eigenvalue weighted by Crippen LogP contribution is 2.33. The Kier molecular flexibility index (Phi) is 6.94. The molecule has 0 unspecified atom stereocenters. The van der Waals surface area contributed by atoms with Crippen LogP contribution in [0.1, 0.15) is 22.3 Å². The van der Waals surface area contributed by atoms with Crippen LogP contribution in [0.15, 0.2) is 41.4 Å². The van der Waals surface area contributed by atoms with Gasteiger partial charge in [-0.3, -0.25) is 9.59 Å². The van der Waals surface area contributed by atoms with Gasteiger partial charge in [-0.05, 0) is 30.7 Å². The summed E-state index contributed by atoms with van der Waals surface area (Å²) in [6.07, 6.45) is -4.26. The number of carbonyl (C=O) groups is 2. The molecule has 0 radical (unpaired) electrons. The molecule has 0 spiro atoms. The number of carbonyl (C=O) groups excluding carboxylic acids is 2. The summed E-state index contributed by atoms with van der Waals surface area (Å²) >= 11 is 0. The predicted octanol–water partition coefficient (Wildman–Crippen LogP) is 2.48. The van der Waals surface area contributed by atoms with Crippen molar-refractivity contribution in [1.29, 1.82) is 0 Å². The van der Waals surface area contributed by atoms with Crippen molar-refractivity contribution in [3.63, 3.8) is 0 Å². The van der Waals surface area contributed by atoms with E-state index in [9.17, 15) is 27.9 Å². The van der Waals surface area contributed by atoms with E-state index in [0.29, 0.717) is 42.0 Å². The first-order valence-corrected chi connectivity index (χ1v) is 10.8. The van der Waals surface area contributed by atoms with E-state index in [4.69, 9.17) is 9.47 Å². The van der Waals surface area contributed by atoms with E-state index in [-0.39, 0.29) is 36.8 Å². The number of aliphatic hydroxyl groups is 1. The minimum absolute atomic E-state index is 0.0610. The number of nitrogens with one attached hydrogen (secondary N) is 1. The average molecular weight is 492 g/mol. The highest BCUT2D eigenvalue weighted by atomic mass is 19.4. The lowest BCUT2D eigenvalue weighted by Gasteiger charge is -2.28. The number of H-pyrrole nitrogens is 1. The Morgan fingerprint density at radius 2 is 2.09 bits per heavy atom. The smallest absolute Gasteiger partial charge is 0.416 e. The van der Waals surface area contributed by atoms with Crippen LogP contribution < -0.4 is 15.3 Å². The molecule has 0 saturated carbocycles. The van der Waals surface area contributed by atoms with Gasteiger partial charge in [0.15, 0.2) is 0 Å². The number of alkyl halides is 3. The van der Waals surface area contributed by atoms with E-state index in [1.54, 1.807) is 16.7 Å². The number of rotatable bonds is 6. The largest absolute Gasteiger partial charge is 0.494 e. The molecule has 1 aliphatic heterocycles.